The van der Waals surface area contributed by atoms with E-state index in [-0.39, 0.29) is 11.4 Å². The summed E-state index contributed by atoms with van der Waals surface area (Å²) in [5, 5.41) is 15.6. The van der Waals surface area contributed by atoms with Crippen molar-refractivity contribution < 1.29 is 19.2 Å². The highest BCUT2D eigenvalue weighted by atomic mass is 32.2. The Morgan fingerprint density at radius 3 is 2.54 bits per heavy atom. The quantitative estimate of drug-likeness (QED) is 0.280. The first-order chi connectivity index (χ1) is 13.5. The number of nitrogens with one attached hydrogen (secondary N) is 1. The molecule has 0 saturated carbocycles. The highest BCUT2D eigenvalue weighted by Gasteiger charge is 2.15. The zero-order chi connectivity index (χ0) is 19.9. The zero-order valence-corrected chi connectivity index (χ0v) is 15.5. The molecule has 0 saturated heterocycles. The van der Waals surface area contributed by atoms with E-state index in [9.17, 15) is 19.7 Å². The van der Waals surface area contributed by atoms with Crippen LogP contribution in [0.5, 0.6) is 0 Å². The van der Waals surface area contributed by atoms with Crippen molar-refractivity contribution in [3.63, 3.8) is 0 Å². The van der Waals surface area contributed by atoms with Crippen molar-refractivity contribution in [3.8, 4) is 0 Å². The lowest BCUT2D eigenvalue weighted by Gasteiger charge is -2.09. The molecular formula is C20H16N2O5S. The first kappa shape index (κ1) is 19.4. The van der Waals surface area contributed by atoms with Crippen molar-refractivity contribution in [1.82, 2.24) is 0 Å². The second-order valence-corrected chi connectivity index (χ2v) is 6.77. The van der Waals surface area contributed by atoms with Crippen LogP contribution in [0.25, 0.3) is 10.8 Å². The van der Waals surface area contributed by atoms with Crippen LogP contribution in [0.15, 0.2) is 71.6 Å². The summed E-state index contributed by atoms with van der Waals surface area (Å²) in [6, 6.07) is 19.3. The number of amides is 1. The molecule has 0 fully saturated rings. The van der Waals surface area contributed by atoms with Crippen LogP contribution in [-0.2, 0) is 14.3 Å². The number of anilines is 1. The van der Waals surface area contributed by atoms with E-state index in [1.807, 2.05) is 36.4 Å². The monoisotopic (exact) mass is 396 g/mol. The molecule has 1 amide bonds. The lowest BCUT2D eigenvalue weighted by molar-refractivity contribution is -0.387. The maximum absolute atomic E-state index is 12.1. The topological polar surface area (TPSA) is 98.5 Å². The third-order valence-electron chi connectivity index (χ3n) is 3.84. The summed E-state index contributed by atoms with van der Waals surface area (Å²) in [5.74, 6) is -1.22. The number of nitrogens with zero attached hydrogens (tertiary/aromatic N) is 1. The van der Waals surface area contributed by atoms with Gasteiger partial charge in [-0.05, 0) is 17.5 Å². The SMILES string of the molecule is O=C(COC(=O)CSc1ccccc1[N+](=O)[O-])Nc1cccc2ccccc12. The summed E-state index contributed by atoms with van der Waals surface area (Å²) in [7, 11) is 0. The molecule has 7 nitrogen and oxygen atoms in total. The van der Waals surface area contributed by atoms with E-state index in [1.165, 1.54) is 6.07 Å². The number of hydrogen-bond donors (Lipinski definition) is 1. The largest absolute Gasteiger partial charge is 0.455 e. The molecular weight excluding hydrogens is 380 g/mol. The third kappa shape index (κ3) is 4.86. The summed E-state index contributed by atoms with van der Waals surface area (Å²) in [6.07, 6.45) is 0. The summed E-state index contributed by atoms with van der Waals surface area (Å²) >= 11 is 0.993. The highest BCUT2D eigenvalue weighted by molar-refractivity contribution is 8.00. The van der Waals surface area contributed by atoms with Crippen LogP contribution in [-0.4, -0.2) is 29.2 Å². The van der Waals surface area contributed by atoms with E-state index in [1.54, 1.807) is 24.3 Å². The van der Waals surface area contributed by atoms with Gasteiger partial charge in [0.2, 0.25) is 0 Å². The molecule has 142 valence electrons. The van der Waals surface area contributed by atoms with Gasteiger partial charge in [0.1, 0.15) is 0 Å². The minimum atomic E-state index is -0.628. The molecule has 3 rings (SSSR count). The molecule has 0 aliphatic carbocycles. The van der Waals surface area contributed by atoms with Crippen LogP contribution >= 0.6 is 11.8 Å². The van der Waals surface area contributed by atoms with Gasteiger partial charge in [-0.2, -0.15) is 0 Å². The van der Waals surface area contributed by atoms with E-state index in [0.717, 1.165) is 22.5 Å². The normalized spacial score (nSPS) is 10.4. The molecule has 8 heteroatoms. The molecule has 0 bridgehead atoms. The van der Waals surface area contributed by atoms with Gasteiger partial charge in [0.25, 0.3) is 11.6 Å². The third-order valence-corrected chi connectivity index (χ3v) is 4.87. The van der Waals surface area contributed by atoms with E-state index in [4.69, 9.17) is 4.74 Å². The van der Waals surface area contributed by atoms with Crippen LogP contribution < -0.4 is 5.32 Å². The number of esters is 1. The smallest absolute Gasteiger partial charge is 0.316 e. The number of ether oxygens (including phenoxy) is 1. The first-order valence-electron chi connectivity index (χ1n) is 8.34. The Hall–Kier alpha value is -3.39. The summed E-state index contributed by atoms with van der Waals surface area (Å²) in [6.45, 7) is -0.431. The van der Waals surface area contributed by atoms with E-state index in [2.05, 4.69) is 5.32 Å². The molecule has 0 unspecified atom stereocenters. The predicted molar refractivity (Wildman–Crippen MR) is 107 cm³/mol. The number of benzene rings is 3. The number of nitro groups is 1. The molecule has 0 spiro atoms. The molecule has 0 atom stereocenters. The number of thioether (sulfide) groups is 1. The van der Waals surface area contributed by atoms with Gasteiger partial charge in [-0.25, -0.2) is 0 Å². The van der Waals surface area contributed by atoms with E-state index >= 15 is 0 Å². The minimum absolute atomic E-state index is 0.0750. The molecule has 3 aromatic rings. The second-order valence-electron chi connectivity index (χ2n) is 5.75. The van der Waals surface area contributed by atoms with E-state index < -0.39 is 23.4 Å². The zero-order valence-electron chi connectivity index (χ0n) is 14.7. The van der Waals surface area contributed by atoms with Gasteiger partial charge >= 0.3 is 5.97 Å². The fourth-order valence-corrected chi connectivity index (χ4v) is 3.40. The first-order valence-corrected chi connectivity index (χ1v) is 9.32. The molecule has 3 aromatic carbocycles. The number of hydrogen-bond acceptors (Lipinski definition) is 6. The Morgan fingerprint density at radius 1 is 1.00 bits per heavy atom. The van der Waals surface area contributed by atoms with Crippen molar-refractivity contribution in [2.24, 2.45) is 0 Å². The van der Waals surface area contributed by atoms with Gasteiger partial charge in [0.05, 0.1) is 15.6 Å². The van der Waals surface area contributed by atoms with E-state index in [0.29, 0.717) is 10.6 Å². The Balaban J connectivity index is 1.52. The fraction of sp³-hybridized carbons (Fsp3) is 0.100. The molecule has 0 radical (unpaired) electrons. The molecule has 0 heterocycles. The molecule has 0 aliphatic rings. The summed E-state index contributed by atoms with van der Waals surface area (Å²) in [4.78, 5) is 34.8. The number of carbonyl (C=O) groups is 2. The molecule has 28 heavy (non-hydrogen) atoms. The lowest BCUT2D eigenvalue weighted by atomic mass is 10.1. The van der Waals surface area contributed by atoms with Crippen molar-refractivity contribution in [1.29, 1.82) is 0 Å². The Bertz CT molecular complexity index is 1030. The van der Waals surface area contributed by atoms with Gasteiger partial charge in [-0.1, -0.05) is 48.5 Å². The Kier molecular flexibility index (Phi) is 6.23. The maximum Gasteiger partial charge on any atom is 0.316 e. The van der Waals surface area contributed by atoms with Crippen molar-refractivity contribution in [2.75, 3.05) is 17.7 Å². The highest BCUT2D eigenvalue weighted by Crippen LogP contribution is 2.28. The number of nitro benzene ring substituents is 1. The predicted octanol–water partition coefficient (Wildman–Crippen LogP) is 4.02. The van der Waals surface area contributed by atoms with Gasteiger partial charge in [0.15, 0.2) is 6.61 Å². The average Bonchev–Trinajstić information content (AvgIpc) is 2.71. The number of rotatable bonds is 7. The Morgan fingerprint density at radius 2 is 1.71 bits per heavy atom. The van der Waals surface area contributed by atoms with Crippen LogP contribution in [0.1, 0.15) is 0 Å². The van der Waals surface area contributed by atoms with Gasteiger partial charge < -0.3 is 10.1 Å². The lowest BCUT2D eigenvalue weighted by Crippen LogP contribution is -2.21. The van der Waals surface area contributed by atoms with Crippen molar-refractivity contribution in [3.05, 3.63) is 76.8 Å². The molecule has 1 N–H and O–H groups in total. The van der Waals surface area contributed by atoms with Crippen LogP contribution in [0.4, 0.5) is 11.4 Å². The van der Waals surface area contributed by atoms with Crippen molar-refractivity contribution >= 4 is 45.8 Å². The Labute approximate surface area is 164 Å². The standard InChI is InChI=1S/C20H16N2O5S/c23-19(21-16-9-5-7-14-6-1-2-8-15(14)16)12-27-20(24)13-28-18-11-4-3-10-17(18)22(25)26/h1-11H,12-13H2,(H,21,23). The molecule has 0 aromatic heterocycles. The number of carbonyl (C=O) groups excluding carboxylic acids is 2. The maximum atomic E-state index is 12.1. The number of para-hydroxylation sites is 1. The summed E-state index contributed by atoms with van der Waals surface area (Å²) < 4.78 is 4.97. The van der Waals surface area contributed by atoms with Gasteiger partial charge in [-0.3, -0.25) is 19.7 Å². The second kappa shape index (κ2) is 9.01. The summed E-state index contributed by atoms with van der Waals surface area (Å²) in [5.41, 5.74) is 0.558. The molecule has 0 aliphatic heterocycles. The van der Waals surface area contributed by atoms with Crippen LogP contribution in [0, 0.1) is 10.1 Å². The minimum Gasteiger partial charge on any atom is -0.455 e. The number of fused-ring (bicyclic) bond motifs is 1. The van der Waals surface area contributed by atoms with Crippen LogP contribution in [0.2, 0.25) is 0 Å². The van der Waals surface area contributed by atoms with Crippen molar-refractivity contribution in [2.45, 2.75) is 4.90 Å². The van der Waals surface area contributed by atoms with Crippen LogP contribution in [0.3, 0.4) is 0 Å². The fourth-order valence-electron chi connectivity index (χ4n) is 2.58. The van der Waals surface area contributed by atoms with Gasteiger partial charge in [-0.15, -0.1) is 11.8 Å². The van der Waals surface area contributed by atoms with Gasteiger partial charge in [0, 0.05) is 17.1 Å². The average molecular weight is 396 g/mol.